The lowest BCUT2D eigenvalue weighted by Gasteiger charge is -2.49. The summed E-state index contributed by atoms with van der Waals surface area (Å²) in [4.78, 5) is 6.62. The van der Waals surface area contributed by atoms with Gasteiger partial charge in [0.05, 0.1) is 11.2 Å². The Kier molecular flexibility index (Phi) is 3.95. The topological polar surface area (TPSA) is 51.4 Å². The van der Waals surface area contributed by atoms with E-state index in [2.05, 4.69) is 43.6 Å². The van der Waals surface area contributed by atoms with Crippen LogP contribution >= 0.6 is 0 Å². The third kappa shape index (κ3) is 3.53. The molecule has 2 heterocycles. The van der Waals surface area contributed by atoms with Gasteiger partial charge in [-0.15, -0.1) is 0 Å². The summed E-state index contributed by atoms with van der Waals surface area (Å²) in [5.41, 5.74) is 6.87. The third-order valence-electron chi connectivity index (χ3n) is 3.45. The van der Waals surface area contributed by atoms with Crippen LogP contribution in [0.1, 0.15) is 39.3 Å². The maximum absolute atomic E-state index is 6.12. The van der Waals surface area contributed by atoms with E-state index in [-0.39, 0.29) is 17.2 Å². The normalized spacial score (nSPS) is 24.1. The second kappa shape index (κ2) is 5.19. The number of pyridine rings is 1. The lowest BCUT2D eigenvalue weighted by molar-refractivity contribution is -0.187. The van der Waals surface area contributed by atoms with Crippen LogP contribution in [-0.2, 0) is 4.74 Å². The molecule has 0 aliphatic carbocycles. The molecule has 0 radical (unpaired) electrons. The summed E-state index contributed by atoms with van der Waals surface area (Å²) in [6, 6.07) is 4.27. The SMILES string of the molecule is CC1(C)CN(C(CN)c2cccnc2)CC(C)(C)O1. The molecule has 1 aromatic heterocycles. The highest BCUT2D eigenvalue weighted by molar-refractivity contribution is 5.15. The first-order valence-electron chi connectivity index (χ1n) is 6.87. The average Bonchev–Trinajstić information content (AvgIpc) is 2.27. The predicted octanol–water partition coefficient (Wildman–Crippen LogP) is 1.97. The summed E-state index contributed by atoms with van der Waals surface area (Å²) in [6.07, 6.45) is 3.71. The molecule has 4 nitrogen and oxygen atoms in total. The second-order valence-electron chi connectivity index (χ2n) is 6.56. The smallest absolute Gasteiger partial charge is 0.0761 e. The van der Waals surface area contributed by atoms with Crippen LogP contribution in [0.3, 0.4) is 0 Å². The molecule has 2 N–H and O–H groups in total. The lowest BCUT2D eigenvalue weighted by Crippen LogP contribution is -2.58. The van der Waals surface area contributed by atoms with Crippen LogP contribution in [-0.4, -0.2) is 40.7 Å². The van der Waals surface area contributed by atoms with E-state index in [4.69, 9.17) is 10.5 Å². The van der Waals surface area contributed by atoms with Crippen molar-refractivity contribution in [2.24, 2.45) is 5.73 Å². The summed E-state index contributed by atoms with van der Waals surface area (Å²) in [5.74, 6) is 0. The quantitative estimate of drug-likeness (QED) is 0.906. The van der Waals surface area contributed by atoms with Gasteiger partial charge in [-0.05, 0) is 39.3 Å². The minimum Gasteiger partial charge on any atom is -0.367 e. The summed E-state index contributed by atoms with van der Waals surface area (Å²) < 4.78 is 6.12. The standard InChI is InChI=1S/C15H25N3O/c1-14(2)10-18(11-15(3,4)19-14)13(8-16)12-6-5-7-17-9-12/h5-7,9,13H,8,10-11,16H2,1-4H3. The van der Waals surface area contributed by atoms with Gasteiger partial charge in [0.15, 0.2) is 0 Å². The van der Waals surface area contributed by atoms with Crippen molar-refractivity contribution in [1.29, 1.82) is 0 Å². The minimum atomic E-state index is -0.155. The molecule has 106 valence electrons. The summed E-state index contributed by atoms with van der Waals surface area (Å²) in [6.45, 7) is 10.9. The van der Waals surface area contributed by atoms with Crippen molar-refractivity contribution >= 4 is 0 Å². The first-order chi connectivity index (χ1) is 8.83. The Morgan fingerprint density at radius 1 is 1.32 bits per heavy atom. The highest BCUT2D eigenvalue weighted by Crippen LogP contribution is 2.32. The summed E-state index contributed by atoms with van der Waals surface area (Å²) in [5, 5.41) is 0. The van der Waals surface area contributed by atoms with Gasteiger partial charge in [-0.2, -0.15) is 0 Å². The molecule has 1 fully saturated rings. The number of rotatable bonds is 3. The molecule has 1 saturated heterocycles. The largest absolute Gasteiger partial charge is 0.367 e. The van der Waals surface area contributed by atoms with Gasteiger partial charge in [-0.1, -0.05) is 6.07 Å². The van der Waals surface area contributed by atoms with Crippen LogP contribution in [0.4, 0.5) is 0 Å². The molecule has 1 unspecified atom stereocenters. The first kappa shape index (κ1) is 14.4. The fourth-order valence-electron chi connectivity index (χ4n) is 3.14. The Balaban J connectivity index is 2.23. The molecule has 19 heavy (non-hydrogen) atoms. The van der Waals surface area contributed by atoms with E-state index < -0.39 is 0 Å². The van der Waals surface area contributed by atoms with Gasteiger partial charge in [0.2, 0.25) is 0 Å². The summed E-state index contributed by atoms with van der Waals surface area (Å²) in [7, 11) is 0. The molecule has 1 atom stereocenters. The lowest BCUT2D eigenvalue weighted by atomic mass is 9.95. The van der Waals surface area contributed by atoms with Crippen LogP contribution in [0.15, 0.2) is 24.5 Å². The van der Waals surface area contributed by atoms with Crippen LogP contribution in [0.25, 0.3) is 0 Å². The number of hydrogen-bond donors (Lipinski definition) is 1. The molecule has 4 heteroatoms. The van der Waals surface area contributed by atoms with Crippen LogP contribution < -0.4 is 5.73 Å². The van der Waals surface area contributed by atoms with E-state index in [1.807, 2.05) is 12.3 Å². The van der Waals surface area contributed by atoms with Crippen molar-refractivity contribution in [3.05, 3.63) is 30.1 Å². The maximum Gasteiger partial charge on any atom is 0.0761 e. The molecule has 0 saturated carbocycles. The van der Waals surface area contributed by atoms with E-state index in [1.165, 1.54) is 5.56 Å². The Hall–Kier alpha value is -0.970. The zero-order chi connectivity index (χ0) is 14.1. The molecule has 0 aromatic carbocycles. The predicted molar refractivity (Wildman–Crippen MR) is 76.8 cm³/mol. The zero-order valence-corrected chi connectivity index (χ0v) is 12.4. The second-order valence-corrected chi connectivity index (χ2v) is 6.56. The van der Waals surface area contributed by atoms with E-state index >= 15 is 0 Å². The van der Waals surface area contributed by atoms with Crippen molar-refractivity contribution < 1.29 is 4.74 Å². The van der Waals surface area contributed by atoms with Crippen molar-refractivity contribution in [3.8, 4) is 0 Å². The van der Waals surface area contributed by atoms with Gasteiger partial charge < -0.3 is 10.5 Å². The Labute approximate surface area is 116 Å². The Morgan fingerprint density at radius 2 is 1.95 bits per heavy atom. The van der Waals surface area contributed by atoms with E-state index in [9.17, 15) is 0 Å². The molecular formula is C15H25N3O. The molecule has 1 aromatic rings. The van der Waals surface area contributed by atoms with Crippen molar-refractivity contribution in [2.45, 2.75) is 44.9 Å². The molecule has 0 amide bonds. The average molecular weight is 263 g/mol. The highest BCUT2D eigenvalue weighted by Gasteiger charge is 2.40. The van der Waals surface area contributed by atoms with Gasteiger partial charge in [-0.25, -0.2) is 0 Å². The van der Waals surface area contributed by atoms with Gasteiger partial charge >= 0.3 is 0 Å². The van der Waals surface area contributed by atoms with E-state index in [0.717, 1.165) is 13.1 Å². The van der Waals surface area contributed by atoms with Gasteiger partial charge in [0, 0.05) is 38.1 Å². The van der Waals surface area contributed by atoms with Crippen molar-refractivity contribution in [3.63, 3.8) is 0 Å². The number of hydrogen-bond acceptors (Lipinski definition) is 4. The van der Waals surface area contributed by atoms with Crippen LogP contribution in [0.5, 0.6) is 0 Å². The number of aromatic nitrogens is 1. The summed E-state index contributed by atoms with van der Waals surface area (Å²) >= 11 is 0. The van der Waals surface area contributed by atoms with E-state index in [1.54, 1.807) is 6.20 Å². The monoisotopic (exact) mass is 263 g/mol. The number of ether oxygens (including phenoxy) is 1. The minimum absolute atomic E-state index is 0.155. The first-order valence-corrected chi connectivity index (χ1v) is 6.87. The van der Waals surface area contributed by atoms with Crippen molar-refractivity contribution in [1.82, 2.24) is 9.88 Å². The fraction of sp³-hybridized carbons (Fsp3) is 0.667. The molecule has 0 bridgehead atoms. The third-order valence-corrected chi connectivity index (χ3v) is 3.45. The Morgan fingerprint density at radius 3 is 2.42 bits per heavy atom. The number of morpholine rings is 1. The fourth-order valence-corrected chi connectivity index (χ4v) is 3.14. The zero-order valence-electron chi connectivity index (χ0n) is 12.4. The van der Waals surface area contributed by atoms with Gasteiger partial charge in [0.1, 0.15) is 0 Å². The number of nitrogens with zero attached hydrogens (tertiary/aromatic N) is 2. The molecular weight excluding hydrogens is 238 g/mol. The highest BCUT2D eigenvalue weighted by atomic mass is 16.5. The molecule has 1 aliphatic heterocycles. The molecule has 1 aliphatic rings. The molecule has 2 rings (SSSR count). The Bertz CT molecular complexity index is 401. The van der Waals surface area contributed by atoms with E-state index in [0.29, 0.717) is 6.54 Å². The van der Waals surface area contributed by atoms with Crippen LogP contribution in [0.2, 0.25) is 0 Å². The molecule has 0 spiro atoms. The van der Waals surface area contributed by atoms with Crippen LogP contribution in [0, 0.1) is 0 Å². The van der Waals surface area contributed by atoms with Crippen molar-refractivity contribution in [2.75, 3.05) is 19.6 Å². The van der Waals surface area contributed by atoms with Gasteiger partial charge in [-0.3, -0.25) is 9.88 Å². The maximum atomic E-state index is 6.12. The van der Waals surface area contributed by atoms with Gasteiger partial charge in [0.25, 0.3) is 0 Å². The number of nitrogens with two attached hydrogens (primary N) is 1.